The van der Waals surface area contributed by atoms with Crippen molar-refractivity contribution in [1.29, 1.82) is 0 Å². The predicted octanol–water partition coefficient (Wildman–Crippen LogP) is 12.2. The summed E-state index contributed by atoms with van der Waals surface area (Å²) in [5.74, 6) is 4.29. The van der Waals surface area contributed by atoms with E-state index in [2.05, 4.69) is 57.8 Å². The Morgan fingerprint density at radius 1 is 0.827 bits per heavy atom. The first kappa shape index (κ1) is 58.0. The van der Waals surface area contributed by atoms with Crippen LogP contribution in [0.1, 0.15) is 107 Å². The number of fused-ring (bicyclic) bond motifs is 2. The Labute approximate surface area is 475 Å². The third kappa shape index (κ3) is 13.1. The zero-order chi connectivity index (χ0) is 57.3. The molecule has 17 heteroatoms. The second-order valence-corrected chi connectivity index (χ2v) is 21.8. The molecule has 0 radical (unpaired) electrons. The molecule has 9 rings (SSSR count). The van der Waals surface area contributed by atoms with Crippen LogP contribution in [0.15, 0.2) is 112 Å². The molecule has 2 aromatic heterocycles. The molecule has 2 spiro atoms. The lowest BCUT2D eigenvalue weighted by Crippen LogP contribution is -2.52. The second-order valence-electron chi connectivity index (χ2n) is 21.8. The van der Waals surface area contributed by atoms with Crippen LogP contribution in [0.25, 0.3) is 27.6 Å². The van der Waals surface area contributed by atoms with Gasteiger partial charge in [0.1, 0.15) is 23.0 Å². The first-order valence-electron chi connectivity index (χ1n) is 28.3. The van der Waals surface area contributed by atoms with E-state index in [0.29, 0.717) is 134 Å². The minimum Gasteiger partial charge on any atom is -0.494 e. The highest BCUT2D eigenvalue weighted by Crippen LogP contribution is 2.55. The van der Waals surface area contributed by atoms with Gasteiger partial charge in [0.2, 0.25) is 17.7 Å². The number of carbonyl (C=O) groups excluding carboxylic acids is 2. The summed E-state index contributed by atoms with van der Waals surface area (Å²) >= 11 is 0. The number of aromatic amines is 2. The van der Waals surface area contributed by atoms with E-state index < -0.39 is 0 Å². The molecule has 2 amide bonds. The smallest absolute Gasteiger partial charge is 0.224 e. The van der Waals surface area contributed by atoms with Crippen molar-refractivity contribution in [2.24, 2.45) is 25.8 Å². The molecule has 5 aromatic rings. The van der Waals surface area contributed by atoms with E-state index in [4.69, 9.17) is 37.9 Å². The van der Waals surface area contributed by atoms with Gasteiger partial charge in [-0.3, -0.25) is 24.6 Å². The number of amides is 2. The van der Waals surface area contributed by atoms with Crippen LogP contribution < -0.4 is 18.9 Å². The van der Waals surface area contributed by atoms with E-state index in [1.807, 2.05) is 79.1 Å². The number of nitrogens with one attached hydrogen (secondary N) is 2. The van der Waals surface area contributed by atoms with Gasteiger partial charge in [0, 0.05) is 113 Å². The van der Waals surface area contributed by atoms with Gasteiger partial charge in [-0.05, 0) is 140 Å². The highest BCUT2D eigenvalue weighted by Gasteiger charge is 2.51. The fourth-order valence-electron chi connectivity index (χ4n) is 11.6. The normalized spacial score (nSPS) is 19.5. The Bertz CT molecular complexity index is 3280. The van der Waals surface area contributed by atoms with Gasteiger partial charge in [0.05, 0.1) is 70.3 Å². The summed E-state index contributed by atoms with van der Waals surface area (Å²) in [6, 6.07) is 17.5. The van der Waals surface area contributed by atoms with Crippen LogP contribution in [-0.2, 0) is 28.5 Å². The van der Waals surface area contributed by atoms with Crippen molar-refractivity contribution in [3.63, 3.8) is 0 Å². The number of ether oxygens (including phenoxy) is 8. The average Bonchev–Trinajstić information content (AvgIpc) is 4.04. The molecular formula is C64H79N7O10. The molecule has 4 aliphatic rings. The molecule has 2 unspecified atom stereocenters. The van der Waals surface area contributed by atoms with Gasteiger partial charge < -0.3 is 57.7 Å². The standard InChI is InChI=1S/C64H79N7O10/c1-11-67-54-37-57(78-31-14-17-59(73)71-27-23-63(24-28-71)38-76-39-63)56(75-10)36-50(54)44(5)80-48-19-21-53-51(34-48)60(43(4)69-53)61-64(40-79-61)22-15-26-70(29-25-64)58(72)16-12-13-30-77-45(6)55(74-9)35-49(42(3)65-7)62(66-8)81-47-18-20-52-46(33-47)32-41(2)68-52/h11,18-21,32-37,61,68-69H,3,5,7,12-17,22-31,38-40H2,1-2,4,6,8-10H3. The Morgan fingerprint density at radius 3 is 2.23 bits per heavy atom. The molecule has 430 valence electrons. The average molecular weight is 1110 g/mol. The van der Waals surface area contributed by atoms with Crippen LogP contribution in [0.3, 0.4) is 0 Å². The minimum absolute atomic E-state index is 0.105. The molecule has 17 nitrogen and oxygen atoms in total. The quantitative estimate of drug-likeness (QED) is 0.0210. The number of unbranched alkanes of at least 4 members (excludes halogenated alkanes) is 1. The highest BCUT2D eigenvalue weighted by molar-refractivity contribution is 6.00. The van der Waals surface area contributed by atoms with Gasteiger partial charge in [-0.25, -0.2) is 0 Å². The molecule has 2 N–H and O–H groups in total. The number of aliphatic imine (C=N–C) groups is 3. The number of piperidine rings is 1. The van der Waals surface area contributed by atoms with Gasteiger partial charge in [-0.2, -0.15) is 0 Å². The van der Waals surface area contributed by atoms with Gasteiger partial charge in [-0.1, -0.05) is 13.2 Å². The number of aryl methyl sites for hydroxylation is 2. The monoisotopic (exact) mass is 1110 g/mol. The molecular weight excluding hydrogens is 1030 g/mol. The molecule has 4 saturated heterocycles. The topological polar surface area (TPSA) is 183 Å². The van der Waals surface area contributed by atoms with Gasteiger partial charge >= 0.3 is 0 Å². The molecule has 2 atom stereocenters. The molecule has 3 aromatic carbocycles. The van der Waals surface area contributed by atoms with Crippen LogP contribution >= 0.6 is 0 Å². The SMILES string of the molecule is C=NC(=C)C(=CC(OC)=C(C)OCCCCC(=O)N1CCCC2(CC1)COC2c1c(C)[nH]c2ccc(OC(=C)c3cc(OC)c(OCCCC(=O)N4CCC5(CC4)COC5)cc3N=CC)cc12)C(=NC)Oc1ccc2[nH]c(C)cc2c1. The second kappa shape index (κ2) is 25.9. The van der Waals surface area contributed by atoms with E-state index in [-0.39, 0.29) is 28.7 Å². The van der Waals surface area contributed by atoms with Crippen LogP contribution in [-0.4, -0.2) is 131 Å². The van der Waals surface area contributed by atoms with Crippen molar-refractivity contribution in [3.8, 4) is 23.0 Å². The molecule has 0 saturated carbocycles. The van der Waals surface area contributed by atoms with E-state index in [0.717, 1.165) is 97.2 Å². The summed E-state index contributed by atoms with van der Waals surface area (Å²) in [6.07, 6.45) is 10.8. The number of nitrogens with zero attached hydrogens (tertiary/aromatic N) is 5. The number of benzene rings is 3. The van der Waals surface area contributed by atoms with Crippen molar-refractivity contribution in [2.75, 3.05) is 80.5 Å². The zero-order valence-electron chi connectivity index (χ0n) is 48.3. The third-order valence-corrected chi connectivity index (χ3v) is 16.4. The lowest BCUT2D eigenvalue weighted by molar-refractivity contribution is -0.197. The van der Waals surface area contributed by atoms with E-state index in [1.54, 1.807) is 33.6 Å². The number of methoxy groups -OCH3 is 2. The molecule has 6 heterocycles. The lowest BCUT2D eigenvalue weighted by atomic mass is 9.69. The number of hydrogen-bond donors (Lipinski definition) is 2. The number of hydrogen-bond acceptors (Lipinski definition) is 13. The Hall–Kier alpha value is -7.63. The van der Waals surface area contributed by atoms with E-state index >= 15 is 0 Å². The first-order chi connectivity index (χ1) is 39.2. The van der Waals surface area contributed by atoms with E-state index in [1.165, 1.54) is 0 Å². The van der Waals surface area contributed by atoms with Crippen LogP contribution in [0.5, 0.6) is 23.0 Å². The fourth-order valence-corrected chi connectivity index (χ4v) is 11.6. The van der Waals surface area contributed by atoms with Crippen molar-refractivity contribution < 1.29 is 47.5 Å². The fraction of sp³-hybridized carbons (Fsp3) is 0.453. The van der Waals surface area contributed by atoms with Crippen molar-refractivity contribution >= 4 is 63.9 Å². The summed E-state index contributed by atoms with van der Waals surface area (Å²) in [4.78, 5) is 50.8. The van der Waals surface area contributed by atoms with E-state index in [9.17, 15) is 9.59 Å². The summed E-state index contributed by atoms with van der Waals surface area (Å²) in [5.41, 5.74) is 7.52. The van der Waals surface area contributed by atoms with Crippen molar-refractivity contribution in [3.05, 3.63) is 119 Å². The van der Waals surface area contributed by atoms with Crippen LogP contribution in [0.4, 0.5) is 5.69 Å². The number of H-pyrrole nitrogens is 2. The number of aromatic nitrogens is 2. The van der Waals surface area contributed by atoms with Gasteiger partial charge in [0.15, 0.2) is 17.3 Å². The van der Waals surface area contributed by atoms with Crippen molar-refractivity contribution in [2.45, 2.75) is 98.0 Å². The largest absolute Gasteiger partial charge is 0.494 e. The maximum Gasteiger partial charge on any atom is 0.224 e. The molecule has 0 aliphatic carbocycles. The van der Waals surface area contributed by atoms with Gasteiger partial charge in [-0.15, -0.1) is 0 Å². The molecule has 0 bridgehead atoms. The maximum atomic E-state index is 13.8. The third-order valence-electron chi connectivity index (χ3n) is 16.4. The lowest BCUT2D eigenvalue weighted by Gasteiger charge is -2.49. The van der Waals surface area contributed by atoms with Gasteiger partial charge in [0.25, 0.3) is 0 Å². The summed E-state index contributed by atoms with van der Waals surface area (Å²) in [7, 11) is 4.81. The molecule has 4 aliphatic heterocycles. The Balaban J connectivity index is 0.772. The first-order valence-corrected chi connectivity index (χ1v) is 28.3. The maximum absolute atomic E-state index is 13.8. The molecule has 81 heavy (non-hydrogen) atoms. The number of likely N-dealkylation sites (tertiary alicyclic amines) is 2. The number of rotatable bonds is 23. The van der Waals surface area contributed by atoms with Crippen LogP contribution in [0.2, 0.25) is 0 Å². The summed E-state index contributed by atoms with van der Waals surface area (Å²) in [6.45, 7) is 25.9. The Kier molecular flexibility index (Phi) is 18.5. The zero-order valence-corrected chi connectivity index (χ0v) is 48.3. The minimum atomic E-state index is -0.139. The summed E-state index contributed by atoms with van der Waals surface area (Å²) < 4.78 is 48.6. The number of allylic oxidation sites excluding steroid dienone is 2. The predicted molar refractivity (Wildman–Crippen MR) is 318 cm³/mol. The summed E-state index contributed by atoms with van der Waals surface area (Å²) in [5, 5.41) is 2.04. The molecule has 4 fully saturated rings. The van der Waals surface area contributed by atoms with Crippen LogP contribution in [0, 0.1) is 24.7 Å². The number of carbonyl (C=O) groups is 2. The Morgan fingerprint density at radius 2 is 1.56 bits per heavy atom. The van der Waals surface area contributed by atoms with Crippen molar-refractivity contribution in [1.82, 2.24) is 19.8 Å². The highest BCUT2D eigenvalue weighted by atomic mass is 16.5.